The quantitative estimate of drug-likeness (QED) is 0.645. The van der Waals surface area contributed by atoms with Crippen LogP contribution in [0.4, 0.5) is 13.2 Å². The average Bonchev–Trinajstić information content (AvgIpc) is 1.82. The van der Waals surface area contributed by atoms with Crippen LogP contribution in [-0.4, -0.2) is 30.3 Å². The second kappa shape index (κ2) is 6.23. The summed E-state index contributed by atoms with van der Waals surface area (Å²) in [7, 11) is 0. The van der Waals surface area contributed by atoms with E-state index in [0.29, 0.717) is 0 Å². The van der Waals surface area contributed by atoms with Crippen molar-refractivity contribution < 1.29 is 23.1 Å². The minimum Gasteiger partial charge on any atom is -0.480 e. The van der Waals surface area contributed by atoms with Crippen LogP contribution in [-0.2, 0) is 4.79 Å². The van der Waals surface area contributed by atoms with E-state index >= 15 is 0 Å². The van der Waals surface area contributed by atoms with Gasteiger partial charge in [-0.3, -0.25) is 10.1 Å². The predicted molar refractivity (Wildman–Crippen MR) is 33.8 cm³/mol. The molecule has 0 amide bonds. The molecule has 0 radical (unpaired) electrons. The van der Waals surface area contributed by atoms with Crippen LogP contribution in [0.3, 0.4) is 0 Å². The minimum atomic E-state index is -3.18. The zero-order chi connectivity index (χ0) is 8.15. The van der Waals surface area contributed by atoms with E-state index in [4.69, 9.17) is 5.11 Å². The predicted octanol–water partition coefficient (Wildman–Crippen LogP) is 0.643. The smallest absolute Gasteiger partial charge is 0.317 e. The number of aliphatic carboxylic acids is 1. The Kier molecular flexibility index (Phi) is 7.44. The number of halogens is 4. The second-order valence-electron chi connectivity index (χ2n) is 1.51. The van der Waals surface area contributed by atoms with Gasteiger partial charge < -0.3 is 5.11 Å². The number of carboxylic acid groups (broad SMARTS) is 1. The third kappa shape index (κ3) is 7.41. The lowest BCUT2D eigenvalue weighted by atomic mass is 10.5. The molecule has 0 heterocycles. The molecule has 0 saturated carbocycles. The molecule has 11 heavy (non-hydrogen) atoms. The van der Waals surface area contributed by atoms with Crippen LogP contribution in [0.1, 0.15) is 0 Å². The first-order valence-electron chi connectivity index (χ1n) is 2.41. The molecule has 0 fully saturated rings. The number of rotatable bonds is 4. The summed E-state index contributed by atoms with van der Waals surface area (Å²) in [6.07, 6.45) is -5.74. The largest absolute Gasteiger partial charge is 0.480 e. The van der Waals surface area contributed by atoms with E-state index in [0.717, 1.165) is 0 Å². The van der Waals surface area contributed by atoms with E-state index in [1.165, 1.54) is 5.32 Å². The zero-order valence-corrected chi connectivity index (χ0v) is 6.08. The van der Waals surface area contributed by atoms with Crippen LogP contribution < -0.4 is 5.32 Å². The van der Waals surface area contributed by atoms with Crippen molar-refractivity contribution in [1.29, 1.82) is 0 Å². The van der Waals surface area contributed by atoms with Crippen molar-refractivity contribution in [1.82, 2.24) is 5.32 Å². The second-order valence-corrected chi connectivity index (χ2v) is 1.51. The van der Waals surface area contributed by atoms with Crippen molar-refractivity contribution in [3.63, 3.8) is 0 Å². The maximum Gasteiger partial charge on any atom is 0.317 e. The Morgan fingerprint density at radius 2 is 1.91 bits per heavy atom. The SMILES string of the molecule is Cl.O=C(O)CNC(F)C(F)F. The van der Waals surface area contributed by atoms with Crippen molar-refractivity contribution in [2.75, 3.05) is 6.54 Å². The number of hydrogen-bond donors (Lipinski definition) is 2. The number of nitrogens with one attached hydrogen (secondary N) is 1. The van der Waals surface area contributed by atoms with E-state index in [9.17, 15) is 18.0 Å². The fourth-order valence-electron chi connectivity index (χ4n) is 0.274. The van der Waals surface area contributed by atoms with Crippen LogP contribution in [0.2, 0.25) is 0 Å². The van der Waals surface area contributed by atoms with Gasteiger partial charge in [-0.25, -0.2) is 13.2 Å². The summed E-state index contributed by atoms with van der Waals surface area (Å²) in [6.45, 7) is -0.800. The first-order chi connectivity index (χ1) is 4.54. The summed E-state index contributed by atoms with van der Waals surface area (Å²) in [5.74, 6) is -1.37. The molecule has 1 atom stereocenters. The summed E-state index contributed by atoms with van der Waals surface area (Å²) in [6, 6.07) is 0. The molecule has 0 aromatic carbocycles. The Hall–Kier alpha value is -0.490. The van der Waals surface area contributed by atoms with Crippen molar-refractivity contribution in [2.45, 2.75) is 12.7 Å². The van der Waals surface area contributed by atoms with Crippen molar-refractivity contribution in [3.8, 4) is 0 Å². The third-order valence-corrected chi connectivity index (χ3v) is 0.670. The Morgan fingerprint density at radius 3 is 2.18 bits per heavy atom. The van der Waals surface area contributed by atoms with E-state index in [-0.39, 0.29) is 12.4 Å². The summed E-state index contributed by atoms with van der Waals surface area (Å²) in [4.78, 5) is 9.65. The molecule has 2 N–H and O–H groups in total. The highest BCUT2D eigenvalue weighted by Gasteiger charge is 2.18. The lowest BCUT2D eigenvalue weighted by Crippen LogP contribution is -2.35. The number of alkyl halides is 3. The van der Waals surface area contributed by atoms with Gasteiger partial charge in [0.05, 0.1) is 6.54 Å². The first-order valence-corrected chi connectivity index (χ1v) is 2.41. The molecule has 0 aliphatic carbocycles. The minimum absolute atomic E-state index is 0. The molecule has 0 aromatic rings. The Morgan fingerprint density at radius 1 is 1.45 bits per heavy atom. The van der Waals surface area contributed by atoms with Crippen molar-refractivity contribution in [2.24, 2.45) is 0 Å². The Labute approximate surface area is 67.0 Å². The summed E-state index contributed by atoms with van der Waals surface area (Å²) < 4.78 is 34.3. The van der Waals surface area contributed by atoms with Gasteiger partial charge >= 0.3 is 5.97 Å². The zero-order valence-electron chi connectivity index (χ0n) is 5.26. The third-order valence-electron chi connectivity index (χ3n) is 0.670. The van der Waals surface area contributed by atoms with Gasteiger partial charge in [-0.1, -0.05) is 0 Å². The van der Waals surface area contributed by atoms with Gasteiger partial charge in [0, 0.05) is 0 Å². The molecule has 1 unspecified atom stereocenters. The van der Waals surface area contributed by atoms with Gasteiger partial charge in [-0.2, -0.15) is 0 Å². The summed E-state index contributed by atoms with van der Waals surface area (Å²) >= 11 is 0. The molecule has 0 aliphatic heterocycles. The molecule has 0 aliphatic rings. The van der Waals surface area contributed by atoms with Crippen LogP contribution in [0.25, 0.3) is 0 Å². The van der Waals surface area contributed by atoms with Gasteiger partial charge in [-0.15, -0.1) is 12.4 Å². The summed E-state index contributed by atoms with van der Waals surface area (Å²) in [5, 5.41) is 9.34. The Bertz CT molecular complexity index is 124. The molecule has 7 heteroatoms. The van der Waals surface area contributed by atoms with Gasteiger partial charge in [0.25, 0.3) is 6.43 Å². The molecule has 0 bridgehead atoms. The lowest BCUT2D eigenvalue weighted by molar-refractivity contribution is -0.136. The Balaban J connectivity index is 0. The van der Waals surface area contributed by atoms with Crippen molar-refractivity contribution >= 4 is 18.4 Å². The molecule has 3 nitrogen and oxygen atoms in total. The number of carbonyl (C=O) groups is 1. The van der Waals surface area contributed by atoms with E-state index in [1.807, 2.05) is 0 Å². The molecular weight excluding hydrogens is 186 g/mol. The highest BCUT2D eigenvalue weighted by molar-refractivity contribution is 5.85. The molecular formula is C4H7ClF3NO2. The fraction of sp³-hybridized carbons (Fsp3) is 0.750. The van der Waals surface area contributed by atoms with Crippen molar-refractivity contribution in [3.05, 3.63) is 0 Å². The van der Waals surface area contributed by atoms with E-state index in [1.54, 1.807) is 0 Å². The topological polar surface area (TPSA) is 49.3 Å². The lowest BCUT2D eigenvalue weighted by Gasteiger charge is -2.05. The van der Waals surface area contributed by atoms with Crippen LogP contribution in [0.5, 0.6) is 0 Å². The fourth-order valence-corrected chi connectivity index (χ4v) is 0.274. The molecule has 0 aromatic heterocycles. The maximum absolute atomic E-state index is 11.8. The van der Waals surface area contributed by atoms with E-state index < -0.39 is 25.2 Å². The molecule has 0 spiro atoms. The van der Waals surface area contributed by atoms with Crippen LogP contribution in [0, 0.1) is 0 Å². The first kappa shape index (κ1) is 13.1. The van der Waals surface area contributed by atoms with E-state index in [2.05, 4.69) is 0 Å². The monoisotopic (exact) mass is 193 g/mol. The van der Waals surface area contributed by atoms with Gasteiger partial charge in [0.15, 0.2) is 0 Å². The molecule has 0 saturated heterocycles. The van der Waals surface area contributed by atoms with Crippen LogP contribution >= 0.6 is 12.4 Å². The summed E-state index contributed by atoms with van der Waals surface area (Å²) in [5.41, 5.74) is 0. The number of hydrogen-bond acceptors (Lipinski definition) is 2. The van der Waals surface area contributed by atoms with Gasteiger partial charge in [0.2, 0.25) is 6.30 Å². The molecule has 68 valence electrons. The standard InChI is InChI=1S/C4H6F3NO2.ClH/c5-3(6)4(7)8-1-2(9)10;/h3-4,8H,1H2,(H,9,10);1H. The maximum atomic E-state index is 11.8. The highest BCUT2D eigenvalue weighted by Crippen LogP contribution is 2.00. The average molecular weight is 194 g/mol. The molecule has 0 rings (SSSR count). The highest BCUT2D eigenvalue weighted by atomic mass is 35.5. The van der Waals surface area contributed by atoms with Gasteiger partial charge in [-0.05, 0) is 0 Å². The van der Waals surface area contributed by atoms with Gasteiger partial charge in [0.1, 0.15) is 0 Å². The van der Waals surface area contributed by atoms with Crippen LogP contribution in [0.15, 0.2) is 0 Å². The number of carboxylic acids is 1. The normalized spacial score (nSPS) is 12.4.